The van der Waals surface area contributed by atoms with E-state index in [1.807, 2.05) is 34.1 Å². The number of hydrogen-bond donors (Lipinski definition) is 1. The average molecular weight is 396 g/mol. The normalized spacial score (nSPS) is 19.0. The van der Waals surface area contributed by atoms with Gasteiger partial charge in [0, 0.05) is 37.9 Å². The van der Waals surface area contributed by atoms with Crippen LogP contribution >= 0.6 is 0 Å². The molecule has 2 fully saturated rings. The quantitative estimate of drug-likeness (QED) is 0.844. The van der Waals surface area contributed by atoms with Gasteiger partial charge in [0.2, 0.25) is 5.91 Å². The van der Waals surface area contributed by atoms with Gasteiger partial charge in [-0.1, -0.05) is 19.4 Å². The molecule has 7 heteroatoms. The summed E-state index contributed by atoms with van der Waals surface area (Å²) in [4.78, 5) is 33.5. The Bertz CT molecular complexity index is 855. The van der Waals surface area contributed by atoms with Gasteiger partial charge in [-0.25, -0.2) is 0 Å². The van der Waals surface area contributed by atoms with E-state index in [-0.39, 0.29) is 17.2 Å². The fourth-order valence-corrected chi connectivity index (χ4v) is 4.56. The largest absolute Gasteiger partial charge is 0.337 e. The Morgan fingerprint density at radius 1 is 1.24 bits per heavy atom. The molecule has 29 heavy (non-hydrogen) atoms. The molecule has 0 aromatic carbocycles. The Morgan fingerprint density at radius 3 is 2.79 bits per heavy atom. The monoisotopic (exact) mass is 395 g/mol. The van der Waals surface area contributed by atoms with Crippen molar-refractivity contribution in [1.29, 1.82) is 0 Å². The summed E-state index contributed by atoms with van der Waals surface area (Å²) in [6.07, 6.45) is 7.05. The van der Waals surface area contributed by atoms with Gasteiger partial charge in [-0.3, -0.25) is 19.7 Å². The molecule has 154 valence electrons. The van der Waals surface area contributed by atoms with E-state index in [2.05, 4.69) is 22.1 Å². The summed E-state index contributed by atoms with van der Waals surface area (Å²) in [7, 11) is 0. The van der Waals surface area contributed by atoms with Crippen LogP contribution in [0.15, 0.2) is 30.5 Å². The number of hydrogen-bond acceptors (Lipinski definition) is 4. The summed E-state index contributed by atoms with van der Waals surface area (Å²) in [5.41, 5.74) is 2.56. The molecule has 0 unspecified atom stereocenters. The van der Waals surface area contributed by atoms with Crippen LogP contribution in [0.5, 0.6) is 0 Å². The van der Waals surface area contributed by atoms with Crippen LogP contribution in [-0.2, 0) is 17.8 Å². The molecule has 2 amide bonds. The van der Waals surface area contributed by atoms with Gasteiger partial charge in [0.1, 0.15) is 5.69 Å². The minimum atomic E-state index is 0.00989. The van der Waals surface area contributed by atoms with Gasteiger partial charge < -0.3 is 9.80 Å². The van der Waals surface area contributed by atoms with Gasteiger partial charge >= 0.3 is 0 Å². The zero-order chi connectivity index (χ0) is 20.3. The zero-order valence-electron chi connectivity index (χ0n) is 17.1. The predicted octanol–water partition coefficient (Wildman–Crippen LogP) is 2.80. The highest BCUT2D eigenvalue weighted by molar-refractivity contribution is 5.92. The number of piperidine rings is 2. The maximum absolute atomic E-state index is 12.8. The molecule has 2 aromatic heterocycles. The van der Waals surface area contributed by atoms with Crippen LogP contribution in [-0.4, -0.2) is 56.4 Å². The summed E-state index contributed by atoms with van der Waals surface area (Å²) in [6, 6.07) is 7.69. The van der Waals surface area contributed by atoms with Gasteiger partial charge in [0.15, 0.2) is 0 Å². The van der Waals surface area contributed by atoms with E-state index < -0.39 is 0 Å². The SMILES string of the molecule is CCCc1cc(C(=O)N2CCC3(CCC(=O)N(Cc4ccccn4)C3)CC2)n[nH]1. The smallest absolute Gasteiger partial charge is 0.274 e. The van der Waals surface area contributed by atoms with Crippen molar-refractivity contribution in [2.75, 3.05) is 19.6 Å². The molecule has 2 aliphatic heterocycles. The van der Waals surface area contributed by atoms with E-state index in [0.29, 0.717) is 18.7 Å². The molecule has 2 aliphatic rings. The number of aryl methyl sites for hydroxylation is 1. The standard InChI is InChI=1S/C22H29N5O2/c1-2-5-17-14-19(25-24-17)21(29)26-12-9-22(10-13-26)8-7-20(28)27(16-22)15-18-6-3-4-11-23-18/h3-4,6,11,14H,2,5,7-10,12-13,15-16H2,1H3,(H,24,25). The Balaban J connectivity index is 1.37. The highest BCUT2D eigenvalue weighted by atomic mass is 16.2. The van der Waals surface area contributed by atoms with E-state index in [1.54, 1.807) is 6.20 Å². The van der Waals surface area contributed by atoms with Crippen molar-refractivity contribution in [1.82, 2.24) is 25.0 Å². The van der Waals surface area contributed by atoms with E-state index in [9.17, 15) is 9.59 Å². The molecule has 0 radical (unpaired) electrons. The highest BCUT2D eigenvalue weighted by Gasteiger charge is 2.42. The van der Waals surface area contributed by atoms with Crippen molar-refractivity contribution < 1.29 is 9.59 Å². The molecule has 7 nitrogen and oxygen atoms in total. The molecule has 4 heterocycles. The van der Waals surface area contributed by atoms with Gasteiger partial charge in [0.25, 0.3) is 5.91 Å². The third kappa shape index (κ3) is 4.33. The van der Waals surface area contributed by atoms with Crippen molar-refractivity contribution in [2.24, 2.45) is 5.41 Å². The molecule has 0 bridgehead atoms. The number of aromatic nitrogens is 3. The van der Waals surface area contributed by atoms with E-state index in [1.165, 1.54) is 0 Å². The van der Waals surface area contributed by atoms with Crippen LogP contribution in [0.25, 0.3) is 0 Å². The summed E-state index contributed by atoms with van der Waals surface area (Å²) >= 11 is 0. The van der Waals surface area contributed by atoms with Crippen molar-refractivity contribution in [3.63, 3.8) is 0 Å². The second-order valence-electron chi connectivity index (χ2n) is 8.39. The molecule has 4 rings (SSSR count). The number of likely N-dealkylation sites (tertiary alicyclic amines) is 2. The number of nitrogens with zero attached hydrogens (tertiary/aromatic N) is 4. The van der Waals surface area contributed by atoms with Crippen molar-refractivity contribution in [3.8, 4) is 0 Å². The van der Waals surface area contributed by atoms with Crippen LogP contribution in [0.4, 0.5) is 0 Å². The average Bonchev–Trinajstić information content (AvgIpc) is 3.21. The minimum absolute atomic E-state index is 0.00989. The minimum Gasteiger partial charge on any atom is -0.337 e. The van der Waals surface area contributed by atoms with Crippen molar-refractivity contribution in [3.05, 3.63) is 47.5 Å². The van der Waals surface area contributed by atoms with Crippen LogP contribution in [0.1, 0.15) is 60.9 Å². The van der Waals surface area contributed by atoms with Crippen LogP contribution in [0.3, 0.4) is 0 Å². The number of aromatic amines is 1. The highest BCUT2D eigenvalue weighted by Crippen LogP contribution is 2.40. The number of H-pyrrole nitrogens is 1. The fraction of sp³-hybridized carbons (Fsp3) is 0.545. The number of rotatable bonds is 5. The fourth-order valence-electron chi connectivity index (χ4n) is 4.56. The maximum Gasteiger partial charge on any atom is 0.274 e. The van der Waals surface area contributed by atoms with Gasteiger partial charge in [-0.15, -0.1) is 0 Å². The van der Waals surface area contributed by atoms with Gasteiger partial charge in [-0.2, -0.15) is 5.10 Å². The Kier molecular flexibility index (Phi) is 5.65. The molecule has 1 N–H and O–H groups in total. The van der Waals surface area contributed by atoms with Crippen molar-refractivity contribution in [2.45, 2.75) is 52.0 Å². The summed E-state index contributed by atoms with van der Waals surface area (Å²) in [5, 5.41) is 7.18. The lowest BCUT2D eigenvalue weighted by molar-refractivity contribution is -0.139. The van der Waals surface area contributed by atoms with E-state index in [4.69, 9.17) is 0 Å². The molecular formula is C22H29N5O2. The van der Waals surface area contributed by atoms with Crippen LogP contribution in [0.2, 0.25) is 0 Å². The van der Waals surface area contributed by atoms with Crippen LogP contribution in [0, 0.1) is 5.41 Å². The first-order chi connectivity index (χ1) is 14.1. The first-order valence-electron chi connectivity index (χ1n) is 10.6. The second-order valence-corrected chi connectivity index (χ2v) is 8.39. The first-order valence-corrected chi connectivity index (χ1v) is 10.6. The maximum atomic E-state index is 12.8. The lowest BCUT2D eigenvalue weighted by Gasteiger charge is -2.47. The van der Waals surface area contributed by atoms with Crippen molar-refractivity contribution >= 4 is 11.8 Å². The zero-order valence-corrected chi connectivity index (χ0v) is 17.1. The number of carbonyl (C=O) groups excluding carboxylic acids is 2. The third-order valence-corrected chi connectivity index (χ3v) is 6.31. The lowest BCUT2D eigenvalue weighted by Crippen LogP contribution is -2.52. The number of nitrogens with one attached hydrogen (secondary N) is 1. The summed E-state index contributed by atoms with van der Waals surface area (Å²) in [5.74, 6) is 0.218. The Hall–Kier alpha value is -2.70. The van der Waals surface area contributed by atoms with Gasteiger partial charge in [0.05, 0.1) is 12.2 Å². The molecular weight excluding hydrogens is 366 g/mol. The lowest BCUT2D eigenvalue weighted by atomic mass is 9.72. The number of pyridine rings is 1. The number of amides is 2. The summed E-state index contributed by atoms with van der Waals surface area (Å²) < 4.78 is 0. The Labute approximate surface area is 171 Å². The van der Waals surface area contributed by atoms with Gasteiger partial charge in [-0.05, 0) is 49.3 Å². The Morgan fingerprint density at radius 2 is 2.07 bits per heavy atom. The first kappa shape index (κ1) is 19.6. The molecule has 2 aromatic rings. The summed E-state index contributed by atoms with van der Waals surface area (Å²) in [6.45, 7) is 4.88. The van der Waals surface area contributed by atoms with E-state index >= 15 is 0 Å². The third-order valence-electron chi connectivity index (χ3n) is 6.31. The molecule has 0 atom stereocenters. The molecule has 0 aliphatic carbocycles. The van der Waals surface area contributed by atoms with Crippen LogP contribution < -0.4 is 0 Å². The predicted molar refractivity (Wildman–Crippen MR) is 109 cm³/mol. The topological polar surface area (TPSA) is 82.2 Å². The molecule has 2 saturated heterocycles. The number of carbonyl (C=O) groups is 2. The molecule has 1 spiro atoms. The van der Waals surface area contributed by atoms with E-state index in [0.717, 1.165) is 63.1 Å². The molecule has 0 saturated carbocycles. The second kappa shape index (κ2) is 8.35.